The molecule has 2 aromatic heterocycles. The smallest absolute Gasteiger partial charge is 0.272 e. The van der Waals surface area contributed by atoms with Crippen molar-refractivity contribution in [1.82, 2.24) is 19.6 Å². The first-order valence-electron chi connectivity index (χ1n) is 7.37. The van der Waals surface area contributed by atoms with E-state index in [4.69, 9.17) is 0 Å². The fourth-order valence-electron chi connectivity index (χ4n) is 2.74. The summed E-state index contributed by atoms with van der Waals surface area (Å²) in [5.74, 6) is -0.428. The van der Waals surface area contributed by atoms with Crippen molar-refractivity contribution in [2.24, 2.45) is 0 Å². The molecule has 112 valence electrons. The first kappa shape index (κ1) is 14.0. The number of nitrogens with one attached hydrogen (secondary N) is 1. The molecule has 1 aliphatic rings. The zero-order valence-corrected chi connectivity index (χ0v) is 12.1. The van der Waals surface area contributed by atoms with Crippen LogP contribution in [0.25, 0.3) is 5.65 Å². The van der Waals surface area contributed by atoms with Crippen LogP contribution in [0.15, 0.2) is 18.3 Å². The number of rotatable bonds is 2. The van der Waals surface area contributed by atoms with Crippen LogP contribution in [0.2, 0.25) is 0 Å². The van der Waals surface area contributed by atoms with Crippen molar-refractivity contribution < 1.29 is 9.18 Å². The average molecular weight is 290 g/mol. The Morgan fingerprint density at radius 2 is 2.24 bits per heavy atom. The molecule has 0 bridgehead atoms. The molecule has 6 heteroatoms. The van der Waals surface area contributed by atoms with Gasteiger partial charge in [-0.05, 0) is 31.5 Å². The van der Waals surface area contributed by atoms with Crippen molar-refractivity contribution in [3.05, 3.63) is 35.5 Å². The number of hydrogen-bond donors (Lipinski definition) is 1. The first-order valence-corrected chi connectivity index (χ1v) is 7.37. The zero-order chi connectivity index (χ0) is 14.8. The van der Waals surface area contributed by atoms with E-state index in [-0.39, 0.29) is 11.7 Å². The van der Waals surface area contributed by atoms with Crippen molar-refractivity contribution in [3.63, 3.8) is 0 Å². The molecule has 1 saturated heterocycles. The van der Waals surface area contributed by atoms with Crippen LogP contribution in [0.4, 0.5) is 4.39 Å². The predicted molar refractivity (Wildman–Crippen MR) is 77.9 cm³/mol. The lowest BCUT2D eigenvalue weighted by Gasteiger charge is -2.20. The number of aryl methyl sites for hydroxylation is 1. The standard InChI is InChI=1S/C15H19FN4O/c1-2-12-14(15(21)19-8-3-6-17-7-9-19)20-10-11(16)4-5-13(20)18-12/h4-5,10,17H,2-3,6-9H2,1H3. The zero-order valence-electron chi connectivity index (χ0n) is 12.1. The molecule has 3 rings (SSSR count). The van der Waals surface area contributed by atoms with Crippen molar-refractivity contribution in [2.75, 3.05) is 26.2 Å². The Morgan fingerprint density at radius 3 is 3.05 bits per heavy atom. The molecule has 0 aliphatic carbocycles. The third kappa shape index (κ3) is 2.63. The lowest BCUT2D eigenvalue weighted by Crippen LogP contribution is -2.35. The number of nitrogens with zero attached hydrogens (tertiary/aromatic N) is 3. The number of carbonyl (C=O) groups excluding carboxylic acids is 1. The van der Waals surface area contributed by atoms with E-state index >= 15 is 0 Å². The highest BCUT2D eigenvalue weighted by Crippen LogP contribution is 2.17. The van der Waals surface area contributed by atoms with Gasteiger partial charge in [-0.2, -0.15) is 0 Å². The minimum atomic E-state index is -0.367. The molecule has 1 amide bonds. The molecule has 1 fully saturated rings. The molecule has 5 nitrogen and oxygen atoms in total. The summed E-state index contributed by atoms with van der Waals surface area (Å²) in [4.78, 5) is 19.1. The topological polar surface area (TPSA) is 49.6 Å². The number of imidazole rings is 1. The van der Waals surface area contributed by atoms with E-state index < -0.39 is 0 Å². The van der Waals surface area contributed by atoms with Gasteiger partial charge >= 0.3 is 0 Å². The quantitative estimate of drug-likeness (QED) is 0.911. The Labute approximate surface area is 122 Å². The Morgan fingerprint density at radius 1 is 1.38 bits per heavy atom. The number of aromatic nitrogens is 2. The second-order valence-electron chi connectivity index (χ2n) is 5.23. The molecule has 0 saturated carbocycles. The van der Waals surface area contributed by atoms with E-state index in [0.717, 1.165) is 31.7 Å². The fourth-order valence-corrected chi connectivity index (χ4v) is 2.74. The summed E-state index contributed by atoms with van der Waals surface area (Å²) in [7, 11) is 0. The summed E-state index contributed by atoms with van der Waals surface area (Å²) in [5.41, 5.74) is 1.83. The van der Waals surface area contributed by atoms with E-state index in [1.807, 2.05) is 11.8 Å². The van der Waals surface area contributed by atoms with Gasteiger partial charge in [-0.25, -0.2) is 9.37 Å². The summed E-state index contributed by atoms with van der Waals surface area (Å²) < 4.78 is 15.1. The van der Waals surface area contributed by atoms with Crippen LogP contribution in [0, 0.1) is 5.82 Å². The van der Waals surface area contributed by atoms with E-state index in [0.29, 0.717) is 24.3 Å². The molecule has 0 aromatic carbocycles. The Bertz CT molecular complexity index is 659. The Kier molecular flexibility index (Phi) is 3.88. The van der Waals surface area contributed by atoms with Gasteiger partial charge in [0.25, 0.3) is 5.91 Å². The second-order valence-corrected chi connectivity index (χ2v) is 5.23. The van der Waals surface area contributed by atoms with Gasteiger partial charge in [0.1, 0.15) is 17.2 Å². The molecule has 1 N–H and O–H groups in total. The summed E-state index contributed by atoms with van der Waals surface area (Å²) in [6, 6.07) is 2.97. The Balaban J connectivity index is 2.04. The maximum Gasteiger partial charge on any atom is 0.272 e. The molecule has 2 aromatic rings. The largest absolute Gasteiger partial charge is 0.336 e. The molecular formula is C15H19FN4O. The molecule has 0 radical (unpaired) electrons. The van der Waals surface area contributed by atoms with Gasteiger partial charge in [-0.15, -0.1) is 0 Å². The number of amides is 1. The van der Waals surface area contributed by atoms with Gasteiger partial charge in [0.15, 0.2) is 0 Å². The number of pyridine rings is 1. The van der Waals surface area contributed by atoms with Gasteiger partial charge in [-0.3, -0.25) is 9.20 Å². The second kappa shape index (κ2) is 5.81. The van der Waals surface area contributed by atoms with Crippen molar-refractivity contribution >= 4 is 11.6 Å². The van der Waals surface area contributed by atoms with Gasteiger partial charge in [0.2, 0.25) is 0 Å². The van der Waals surface area contributed by atoms with Gasteiger partial charge in [0.05, 0.1) is 5.69 Å². The van der Waals surface area contributed by atoms with Crippen LogP contribution in [-0.2, 0) is 6.42 Å². The molecule has 21 heavy (non-hydrogen) atoms. The number of hydrogen-bond acceptors (Lipinski definition) is 3. The highest BCUT2D eigenvalue weighted by Gasteiger charge is 2.24. The normalized spacial score (nSPS) is 16.2. The van der Waals surface area contributed by atoms with Gasteiger partial charge < -0.3 is 10.2 Å². The van der Waals surface area contributed by atoms with Crippen molar-refractivity contribution in [1.29, 1.82) is 0 Å². The van der Waals surface area contributed by atoms with Crippen LogP contribution < -0.4 is 5.32 Å². The molecule has 3 heterocycles. The van der Waals surface area contributed by atoms with Crippen LogP contribution in [0.5, 0.6) is 0 Å². The monoisotopic (exact) mass is 290 g/mol. The van der Waals surface area contributed by atoms with E-state index in [9.17, 15) is 9.18 Å². The van der Waals surface area contributed by atoms with Crippen LogP contribution in [0.1, 0.15) is 29.5 Å². The molecular weight excluding hydrogens is 271 g/mol. The summed E-state index contributed by atoms with van der Waals surface area (Å²) in [6.45, 7) is 5.06. The van der Waals surface area contributed by atoms with E-state index in [2.05, 4.69) is 10.3 Å². The van der Waals surface area contributed by atoms with Crippen LogP contribution in [-0.4, -0.2) is 46.4 Å². The third-order valence-corrected chi connectivity index (χ3v) is 3.82. The lowest BCUT2D eigenvalue weighted by atomic mass is 10.2. The number of halogens is 1. The Hall–Kier alpha value is -1.95. The molecule has 0 atom stereocenters. The van der Waals surface area contributed by atoms with E-state index in [1.165, 1.54) is 12.3 Å². The minimum Gasteiger partial charge on any atom is -0.336 e. The van der Waals surface area contributed by atoms with Crippen LogP contribution in [0.3, 0.4) is 0 Å². The molecule has 0 unspecified atom stereocenters. The number of carbonyl (C=O) groups is 1. The number of fused-ring (bicyclic) bond motifs is 1. The molecule has 1 aliphatic heterocycles. The van der Waals surface area contributed by atoms with Crippen LogP contribution >= 0.6 is 0 Å². The predicted octanol–water partition coefficient (Wildman–Crippen LogP) is 1.47. The third-order valence-electron chi connectivity index (χ3n) is 3.82. The maximum atomic E-state index is 13.5. The maximum absolute atomic E-state index is 13.5. The summed E-state index contributed by atoms with van der Waals surface area (Å²) >= 11 is 0. The summed E-state index contributed by atoms with van der Waals surface area (Å²) in [5, 5.41) is 3.28. The van der Waals surface area contributed by atoms with Gasteiger partial charge in [0, 0.05) is 25.8 Å². The minimum absolute atomic E-state index is 0.0614. The van der Waals surface area contributed by atoms with Crippen molar-refractivity contribution in [2.45, 2.75) is 19.8 Å². The summed E-state index contributed by atoms with van der Waals surface area (Å²) in [6.07, 6.45) is 2.92. The highest BCUT2D eigenvalue weighted by molar-refractivity contribution is 5.94. The van der Waals surface area contributed by atoms with Crippen molar-refractivity contribution in [3.8, 4) is 0 Å². The van der Waals surface area contributed by atoms with Gasteiger partial charge in [-0.1, -0.05) is 6.92 Å². The average Bonchev–Trinajstić information content (AvgIpc) is 2.66. The first-order chi connectivity index (χ1) is 10.2. The molecule has 0 spiro atoms. The van der Waals surface area contributed by atoms with E-state index in [1.54, 1.807) is 10.5 Å². The fraction of sp³-hybridized carbons (Fsp3) is 0.467. The lowest BCUT2D eigenvalue weighted by molar-refractivity contribution is 0.0758. The highest BCUT2D eigenvalue weighted by atomic mass is 19.1. The SMILES string of the molecule is CCc1nc2ccc(F)cn2c1C(=O)N1CCCNCC1.